The number of ether oxygens (including phenoxy) is 1. The monoisotopic (exact) mass is 212 g/mol. The molecule has 3 nitrogen and oxygen atoms in total. The Labute approximate surface area is 93.2 Å². The van der Waals surface area contributed by atoms with Crippen molar-refractivity contribution in [1.82, 2.24) is 10.2 Å². The second-order valence-corrected chi connectivity index (χ2v) is 5.36. The lowest BCUT2D eigenvalue weighted by molar-refractivity contribution is 0.0641. The lowest BCUT2D eigenvalue weighted by Crippen LogP contribution is -2.48. The first-order chi connectivity index (χ1) is 7.18. The van der Waals surface area contributed by atoms with Crippen molar-refractivity contribution >= 4 is 0 Å². The van der Waals surface area contributed by atoms with Crippen LogP contribution in [0, 0.1) is 0 Å². The van der Waals surface area contributed by atoms with Crippen LogP contribution in [0.15, 0.2) is 0 Å². The average molecular weight is 212 g/mol. The molecule has 1 N–H and O–H groups in total. The molecule has 3 heteroatoms. The number of hydrogen-bond donors (Lipinski definition) is 1. The van der Waals surface area contributed by atoms with Crippen LogP contribution in [0.5, 0.6) is 0 Å². The van der Waals surface area contributed by atoms with Crippen LogP contribution in [0.2, 0.25) is 0 Å². The molecule has 0 radical (unpaired) electrons. The fourth-order valence-electron chi connectivity index (χ4n) is 2.81. The minimum Gasteiger partial charge on any atom is -0.377 e. The van der Waals surface area contributed by atoms with E-state index in [-0.39, 0.29) is 0 Å². The Kier molecular flexibility index (Phi) is 3.65. The highest BCUT2D eigenvalue weighted by Crippen LogP contribution is 2.20. The summed E-state index contributed by atoms with van der Waals surface area (Å²) in [6.45, 7) is 10.1. The van der Waals surface area contributed by atoms with E-state index >= 15 is 0 Å². The van der Waals surface area contributed by atoms with E-state index in [1.807, 2.05) is 0 Å². The van der Waals surface area contributed by atoms with Gasteiger partial charge < -0.3 is 10.1 Å². The molecule has 2 fully saturated rings. The van der Waals surface area contributed by atoms with Crippen molar-refractivity contribution in [1.29, 1.82) is 0 Å². The first kappa shape index (κ1) is 11.4. The van der Waals surface area contributed by atoms with Crippen molar-refractivity contribution in [3.63, 3.8) is 0 Å². The topological polar surface area (TPSA) is 24.5 Å². The van der Waals surface area contributed by atoms with E-state index in [1.165, 1.54) is 38.9 Å². The van der Waals surface area contributed by atoms with Gasteiger partial charge in [-0.05, 0) is 39.7 Å². The molecule has 0 aliphatic carbocycles. The Balaban J connectivity index is 1.86. The molecule has 0 spiro atoms. The smallest absolute Gasteiger partial charge is 0.0673 e. The van der Waals surface area contributed by atoms with Gasteiger partial charge in [0.05, 0.1) is 6.10 Å². The van der Waals surface area contributed by atoms with Crippen molar-refractivity contribution in [2.45, 2.75) is 44.8 Å². The molecule has 2 rings (SSSR count). The van der Waals surface area contributed by atoms with E-state index in [0.29, 0.717) is 11.6 Å². The third-order valence-electron chi connectivity index (χ3n) is 3.57. The summed E-state index contributed by atoms with van der Waals surface area (Å²) >= 11 is 0. The molecule has 0 aromatic heterocycles. The summed E-state index contributed by atoms with van der Waals surface area (Å²) in [5.41, 5.74) is 0.351. The maximum Gasteiger partial charge on any atom is 0.0673 e. The minimum absolute atomic E-state index is 0.351. The predicted octanol–water partition coefficient (Wildman–Crippen LogP) is 1.24. The molecule has 2 aliphatic rings. The van der Waals surface area contributed by atoms with Gasteiger partial charge in [-0.1, -0.05) is 0 Å². The van der Waals surface area contributed by atoms with E-state index in [2.05, 4.69) is 24.1 Å². The summed E-state index contributed by atoms with van der Waals surface area (Å²) in [4.78, 5) is 2.57. The largest absolute Gasteiger partial charge is 0.377 e. The average Bonchev–Trinajstić information content (AvgIpc) is 2.49. The highest BCUT2D eigenvalue weighted by Gasteiger charge is 2.30. The molecule has 0 saturated carbocycles. The van der Waals surface area contributed by atoms with Crippen molar-refractivity contribution < 1.29 is 4.74 Å². The molecule has 0 amide bonds. The number of nitrogens with one attached hydrogen (secondary N) is 1. The Hall–Kier alpha value is -0.120. The zero-order valence-corrected chi connectivity index (χ0v) is 10.1. The standard InChI is InChI=1S/C12H24N2O/c1-11-9-14(7-4-8-15-11)10-12(2)5-3-6-13-12/h11,13H,3-10H2,1-2H3. The third kappa shape index (κ3) is 3.16. The molecule has 0 bridgehead atoms. The molecular weight excluding hydrogens is 188 g/mol. The lowest BCUT2D eigenvalue weighted by atomic mass is 9.99. The fraction of sp³-hybridized carbons (Fsp3) is 1.00. The van der Waals surface area contributed by atoms with Crippen molar-refractivity contribution in [2.75, 3.05) is 32.8 Å². The van der Waals surface area contributed by atoms with E-state index in [9.17, 15) is 0 Å². The maximum absolute atomic E-state index is 5.67. The summed E-state index contributed by atoms with van der Waals surface area (Å²) in [6, 6.07) is 0. The molecule has 88 valence electrons. The van der Waals surface area contributed by atoms with Crippen molar-refractivity contribution in [2.24, 2.45) is 0 Å². The van der Waals surface area contributed by atoms with Crippen LogP contribution in [0.25, 0.3) is 0 Å². The van der Waals surface area contributed by atoms with Gasteiger partial charge in [-0.3, -0.25) is 4.90 Å². The summed E-state index contributed by atoms with van der Waals surface area (Å²) in [6.07, 6.45) is 4.23. The van der Waals surface area contributed by atoms with Gasteiger partial charge in [0, 0.05) is 31.8 Å². The van der Waals surface area contributed by atoms with Crippen LogP contribution >= 0.6 is 0 Å². The van der Waals surface area contributed by atoms with Gasteiger partial charge in [0.1, 0.15) is 0 Å². The van der Waals surface area contributed by atoms with Crippen LogP contribution in [-0.2, 0) is 4.74 Å². The lowest BCUT2D eigenvalue weighted by Gasteiger charge is -2.32. The van der Waals surface area contributed by atoms with Gasteiger partial charge in [0.15, 0.2) is 0 Å². The number of rotatable bonds is 2. The van der Waals surface area contributed by atoms with Crippen LogP contribution < -0.4 is 5.32 Å². The first-order valence-corrected chi connectivity index (χ1v) is 6.27. The minimum atomic E-state index is 0.351. The van der Waals surface area contributed by atoms with E-state index in [1.54, 1.807) is 0 Å². The number of hydrogen-bond acceptors (Lipinski definition) is 3. The van der Waals surface area contributed by atoms with E-state index in [0.717, 1.165) is 13.2 Å². The summed E-state index contributed by atoms with van der Waals surface area (Å²) in [5.74, 6) is 0. The Morgan fingerprint density at radius 1 is 1.47 bits per heavy atom. The summed E-state index contributed by atoms with van der Waals surface area (Å²) in [5, 5.41) is 3.63. The quantitative estimate of drug-likeness (QED) is 0.745. The zero-order valence-electron chi connectivity index (χ0n) is 10.1. The van der Waals surface area contributed by atoms with Crippen molar-refractivity contribution in [3.05, 3.63) is 0 Å². The molecule has 15 heavy (non-hydrogen) atoms. The van der Waals surface area contributed by atoms with Crippen LogP contribution in [0.4, 0.5) is 0 Å². The molecule has 2 unspecified atom stereocenters. The molecule has 2 atom stereocenters. The van der Waals surface area contributed by atoms with Gasteiger partial charge in [-0.25, -0.2) is 0 Å². The molecular formula is C12H24N2O. The highest BCUT2D eigenvalue weighted by atomic mass is 16.5. The Morgan fingerprint density at radius 2 is 2.33 bits per heavy atom. The summed E-state index contributed by atoms with van der Waals surface area (Å²) in [7, 11) is 0. The second kappa shape index (κ2) is 4.81. The van der Waals surface area contributed by atoms with Crippen LogP contribution in [0.3, 0.4) is 0 Å². The Bertz CT molecular complexity index is 202. The van der Waals surface area contributed by atoms with Gasteiger partial charge in [-0.15, -0.1) is 0 Å². The zero-order chi connectivity index (χ0) is 10.7. The van der Waals surface area contributed by atoms with Gasteiger partial charge in [-0.2, -0.15) is 0 Å². The SMILES string of the molecule is CC1CN(CC2(C)CCCN2)CCCO1. The van der Waals surface area contributed by atoms with Gasteiger partial charge in [0.2, 0.25) is 0 Å². The summed E-state index contributed by atoms with van der Waals surface area (Å²) < 4.78 is 5.67. The number of nitrogens with zero attached hydrogens (tertiary/aromatic N) is 1. The predicted molar refractivity (Wildman–Crippen MR) is 62.1 cm³/mol. The third-order valence-corrected chi connectivity index (χ3v) is 3.57. The normalized spacial score (nSPS) is 39.2. The molecule has 2 heterocycles. The van der Waals surface area contributed by atoms with Gasteiger partial charge >= 0.3 is 0 Å². The Morgan fingerprint density at radius 3 is 3.07 bits per heavy atom. The van der Waals surface area contributed by atoms with Gasteiger partial charge in [0.25, 0.3) is 0 Å². The van der Waals surface area contributed by atoms with Crippen LogP contribution in [0.1, 0.15) is 33.1 Å². The van der Waals surface area contributed by atoms with Crippen molar-refractivity contribution in [3.8, 4) is 0 Å². The van der Waals surface area contributed by atoms with Crippen LogP contribution in [-0.4, -0.2) is 49.3 Å². The molecule has 2 aliphatic heterocycles. The second-order valence-electron chi connectivity index (χ2n) is 5.36. The highest BCUT2D eigenvalue weighted by molar-refractivity contribution is 4.91. The maximum atomic E-state index is 5.67. The first-order valence-electron chi connectivity index (χ1n) is 6.27. The van der Waals surface area contributed by atoms with E-state index in [4.69, 9.17) is 4.74 Å². The molecule has 0 aromatic carbocycles. The fourth-order valence-corrected chi connectivity index (χ4v) is 2.81. The molecule has 0 aromatic rings. The van der Waals surface area contributed by atoms with E-state index < -0.39 is 0 Å². The molecule has 2 saturated heterocycles.